The molecule has 19 heavy (non-hydrogen) atoms. The average Bonchev–Trinajstić information content (AvgIpc) is 2.32. The molecule has 1 unspecified atom stereocenters. The number of ether oxygens (including phenoxy) is 2. The van der Waals surface area contributed by atoms with E-state index >= 15 is 0 Å². The van der Waals surface area contributed by atoms with Gasteiger partial charge < -0.3 is 14.8 Å². The van der Waals surface area contributed by atoms with Crippen LogP contribution in [-0.2, 0) is 19.1 Å². The zero-order valence-electron chi connectivity index (χ0n) is 11.4. The maximum absolute atomic E-state index is 11.8. The van der Waals surface area contributed by atoms with Gasteiger partial charge in [0.1, 0.15) is 12.6 Å². The maximum atomic E-state index is 11.8. The first-order chi connectivity index (χ1) is 8.86. The van der Waals surface area contributed by atoms with E-state index in [1.54, 1.807) is 0 Å². The van der Waals surface area contributed by atoms with Gasteiger partial charge in [0.05, 0.1) is 13.7 Å². The predicted octanol–water partition coefficient (Wildman–Crippen LogP) is 1.36. The second-order valence-electron chi connectivity index (χ2n) is 4.49. The molecule has 0 aliphatic carbocycles. The van der Waals surface area contributed by atoms with E-state index in [1.807, 2.05) is 13.8 Å². The number of hydrogen-bond acceptors (Lipinski definition) is 4. The summed E-state index contributed by atoms with van der Waals surface area (Å²) in [5.74, 6) is -0.736. The molecule has 1 N–H and O–H groups in total. The molecule has 0 saturated carbocycles. The molecule has 0 heterocycles. The second kappa shape index (κ2) is 9.66. The van der Waals surface area contributed by atoms with Gasteiger partial charge in [-0.25, -0.2) is 13.6 Å². The van der Waals surface area contributed by atoms with Gasteiger partial charge in [0.25, 0.3) is 6.43 Å². The fraction of sp³-hybridized carbons (Fsp3) is 0.833. The van der Waals surface area contributed by atoms with Crippen LogP contribution in [0.5, 0.6) is 0 Å². The number of carbonyl (C=O) groups is 2. The summed E-state index contributed by atoms with van der Waals surface area (Å²) in [5.41, 5.74) is 0. The Morgan fingerprint density at radius 3 is 2.37 bits per heavy atom. The standard InChI is InChI=1S/C12H21F2NO4/c1-8(2)6-9(12(17)18-3)15-11(16)4-5-19-7-10(13)14/h8-10H,4-7H2,1-3H3,(H,15,16). The van der Waals surface area contributed by atoms with Crippen molar-refractivity contribution < 1.29 is 27.8 Å². The molecule has 0 fully saturated rings. The number of carbonyl (C=O) groups excluding carboxylic acids is 2. The largest absolute Gasteiger partial charge is 0.467 e. The molecule has 7 heteroatoms. The summed E-state index contributed by atoms with van der Waals surface area (Å²) >= 11 is 0. The molecule has 1 amide bonds. The lowest BCUT2D eigenvalue weighted by atomic mass is 10.0. The molecule has 5 nitrogen and oxygen atoms in total. The van der Waals surface area contributed by atoms with Gasteiger partial charge in [-0.2, -0.15) is 0 Å². The van der Waals surface area contributed by atoms with Gasteiger partial charge in [0.2, 0.25) is 5.91 Å². The first-order valence-electron chi connectivity index (χ1n) is 6.09. The Kier molecular flexibility index (Phi) is 9.03. The van der Waals surface area contributed by atoms with Crippen LogP contribution in [0.15, 0.2) is 0 Å². The summed E-state index contributed by atoms with van der Waals surface area (Å²) in [6.45, 7) is 3.02. The highest BCUT2D eigenvalue weighted by Gasteiger charge is 2.22. The van der Waals surface area contributed by atoms with Crippen molar-refractivity contribution in [1.82, 2.24) is 5.32 Å². The van der Waals surface area contributed by atoms with Crippen molar-refractivity contribution in [3.63, 3.8) is 0 Å². The van der Waals surface area contributed by atoms with E-state index in [1.165, 1.54) is 7.11 Å². The molecule has 0 aliphatic rings. The van der Waals surface area contributed by atoms with Crippen molar-refractivity contribution >= 4 is 11.9 Å². The fourth-order valence-electron chi connectivity index (χ4n) is 1.43. The SMILES string of the molecule is COC(=O)C(CC(C)C)NC(=O)CCOCC(F)F. The minimum Gasteiger partial charge on any atom is -0.467 e. The Labute approximate surface area is 111 Å². The third-order valence-corrected chi connectivity index (χ3v) is 2.25. The molecular formula is C12H21F2NO4. The highest BCUT2D eigenvalue weighted by atomic mass is 19.3. The van der Waals surface area contributed by atoms with Crippen LogP contribution in [0.2, 0.25) is 0 Å². The number of esters is 1. The maximum Gasteiger partial charge on any atom is 0.328 e. The Hall–Kier alpha value is -1.24. The Balaban J connectivity index is 4.05. The third-order valence-electron chi connectivity index (χ3n) is 2.25. The minimum absolute atomic E-state index is 0.0711. The van der Waals surface area contributed by atoms with Crippen LogP contribution < -0.4 is 5.32 Å². The quantitative estimate of drug-likeness (QED) is 0.512. The van der Waals surface area contributed by atoms with Crippen molar-refractivity contribution in [1.29, 1.82) is 0 Å². The first-order valence-corrected chi connectivity index (χ1v) is 6.09. The average molecular weight is 281 g/mol. The normalized spacial score (nSPS) is 12.6. The summed E-state index contributed by atoms with van der Waals surface area (Å²) in [7, 11) is 1.24. The molecule has 112 valence electrons. The fourth-order valence-corrected chi connectivity index (χ4v) is 1.43. The zero-order chi connectivity index (χ0) is 14.8. The van der Waals surface area contributed by atoms with E-state index in [0.29, 0.717) is 6.42 Å². The number of hydrogen-bond donors (Lipinski definition) is 1. The number of rotatable bonds is 9. The van der Waals surface area contributed by atoms with Gasteiger partial charge in [-0.1, -0.05) is 13.8 Å². The number of amides is 1. The van der Waals surface area contributed by atoms with Crippen LogP contribution in [0.1, 0.15) is 26.7 Å². The highest BCUT2D eigenvalue weighted by molar-refractivity contribution is 5.84. The van der Waals surface area contributed by atoms with E-state index in [-0.39, 0.29) is 18.9 Å². The summed E-state index contributed by atoms with van der Waals surface area (Å²) in [6, 6.07) is -0.715. The van der Waals surface area contributed by atoms with Crippen LogP contribution in [-0.4, -0.2) is 44.7 Å². The van der Waals surface area contributed by atoms with E-state index in [2.05, 4.69) is 14.8 Å². The topological polar surface area (TPSA) is 64.6 Å². The lowest BCUT2D eigenvalue weighted by molar-refractivity contribution is -0.145. The van der Waals surface area contributed by atoms with Crippen molar-refractivity contribution in [2.45, 2.75) is 39.2 Å². The van der Waals surface area contributed by atoms with Crippen molar-refractivity contribution in [2.24, 2.45) is 5.92 Å². The zero-order valence-corrected chi connectivity index (χ0v) is 11.4. The molecule has 0 aromatic heterocycles. The Bertz CT molecular complexity index is 285. The molecule has 0 rings (SSSR count). The van der Waals surface area contributed by atoms with Gasteiger partial charge in [-0.15, -0.1) is 0 Å². The van der Waals surface area contributed by atoms with E-state index in [0.717, 1.165) is 0 Å². The molecule has 0 bridgehead atoms. The Morgan fingerprint density at radius 2 is 1.89 bits per heavy atom. The smallest absolute Gasteiger partial charge is 0.328 e. The monoisotopic (exact) mass is 281 g/mol. The molecular weight excluding hydrogens is 260 g/mol. The summed E-state index contributed by atoms with van der Waals surface area (Å²) in [5, 5.41) is 2.51. The molecule has 0 aromatic rings. The van der Waals surface area contributed by atoms with Crippen molar-refractivity contribution in [3.8, 4) is 0 Å². The van der Waals surface area contributed by atoms with Gasteiger partial charge >= 0.3 is 5.97 Å². The predicted molar refractivity (Wildman–Crippen MR) is 64.8 cm³/mol. The lowest BCUT2D eigenvalue weighted by Crippen LogP contribution is -2.42. The summed E-state index contributed by atoms with van der Waals surface area (Å²) < 4.78 is 32.7. The van der Waals surface area contributed by atoms with E-state index < -0.39 is 31.0 Å². The molecule has 0 aromatic carbocycles. The summed E-state index contributed by atoms with van der Waals surface area (Å²) in [4.78, 5) is 22.9. The number of halogens is 2. The minimum atomic E-state index is -2.55. The van der Waals surface area contributed by atoms with Crippen LogP contribution >= 0.6 is 0 Å². The third kappa shape index (κ3) is 9.35. The lowest BCUT2D eigenvalue weighted by Gasteiger charge is -2.18. The first kappa shape index (κ1) is 17.8. The van der Waals surface area contributed by atoms with Gasteiger partial charge in [-0.05, 0) is 12.3 Å². The molecule has 0 saturated heterocycles. The van der Waals surface area contributed by atoms with Crippen LogP contribution in [0.25, 0.3) is 0 Å². The molecule has 0 spiro atoms. The molecule has 0 radical (unpaired) electrons. The van der Waals surface area contributed by atoms with Crippen LogP contribution in [0, 0.1) is 5.92 Å². The van der Waals surface area contributed by atoms with Gasteiger partial charge in [0, 0.05) is 6.42 Å². The molecule has 0 aliphatic heterocycles. The van der Waals surface area contributed by atoms with E-state index in [4.69, 9.17) is 0 Å². The van der Waals surface area contributed by atoms with Gasteiger partial charge in [-0.3, -0.25) is 4.79 Å². The number of methoxy groups -OCH3 is 1. The Morgan fingerprint density at radius 1 is 1.26 bits per heavy atom. The highest BCUT2D eigenvalue weighted by Crippen LogP contribution is 2.06. The number of alkyl halides is 2. The van der Waals surface area contributed by atoms with Gasteiger partial charge in [0.15, 0.2) is 0 Å². The second-order valence-corrected chi connectivity index (χ2v) is 4.49. The van der Waals surface area contributed by atoms with Crippen molar-refractivity contribution in [3.05, 3.63) is 0 Å². The van der Waals surface area contributed by atoms with Crippen LogP contribution in [0.4, 0.5) is 8.78 Å². The molecule has 1 atom stereocenters. The number of nitrogens with one attached hydrogen (secondary N) is 1. The van der Waals surface area contributed by atoms with E-state index in [9.17, 15) is 18.4 Å². The summed E-state index contributed by atoms with van der Waals surface area (Å²) in [6.07, 6.45) is -2.17. The van der Waals surface area contributed by atoms with Crippen molar-refractivity contribution in [2.75, 3.05) is 20.3 Å². The van der Waals surface area contributed by atoms with Crippen LogP contribution in [0.3, 0.4) is 0 Å².